The van der Waals surface area contributed by atoms with Crippen LogP contribution < -0.4 is 10.6 Å². The Bertz CT molecular complexity index is 838. The van der Waals surface area contributed by atoms with Crippen molar-refractivity contribution in [1.29, 1.82) is 0 Å². The van der Waals surface area contributed by atoms with Crippen LogP contribution >= 0.6 is 0 Å². The van der Waals surface area contributed by atoms with Gasteiger partial charge in [-0.2, -0.15) is 0 Å². The third-order valence-electron chi connectivity index (χ3n) is 8.24. The zero-order chi connectivity index (χ0) is 22.2. The lowest BCUT2D eigenvalue weighted by Crippen LogP contribution is -2.40. The average molecular weight is 437 g/mol. The van der Waals surface area contributed by atoms with Gasteiger partial charge in [-0.25, -0.2) is 0 Å². The highest BCUT2D eigenvalue weighted by atomic mass is 16.2. The molecule has 0 spiro atoms. The first-order chi connectivity index (χ1) is 15.5. The van der Waals surface area contributed by atoms with E-state index in [2.05, 4.69) is 10.6 Å². The third-order valence-corrected chi connectivity index (χ3v) is 8.24. The van der Waals surface area contributed by atoms with Crippen LogP contribution in [-0.4, -0.2) is 23.4 Å². The van der Waals surface area contributed by atoms with E-state index >= 15 is 0 Å². The van der Waals surface area contributed by atoms with E-state index in [1.54, 1.807) is 6.07 Å². The SMILES string of the molecule is O=C(Nc1cccc(NC(=O)C2C[C@@H]3CCC[C@@H](C2)C3=O)c1)C1C[C@H]2CCC[C@H](C1)C2=O. The zero-order valence-corrected chi connectivity index (χ0v) is 18.5. The van der Waals surface area contributed by atoms with E-state index < -0.39 is 0 Å². The standard InChI is InChI=1S/C26H32N2O4/c29-23-15-4-1-5-16(23)11-19(10-15)25(31)27-21-8-3-9-22(14-21)28-26(32)20-12-17-6-2-7-18(13-20)24(17)30/h3,8-9,14-20H,1-2,4-7,10-13H2,(H,27,31)(H,28,32)/t15-,16-,17+,18+. The van der Waals surface area contributed by atoms with Crippen molar-refractivity contribution in [2.75, 3.05) is 10.6 Å². The second-order valence-corrected chi connectivity index (χ2v) is 10.4. The Morgan fingerprint density at radius 2 is 1.03 bits per heavy atom. The van der Waals surface area contributed by atoms with Crippen LogP contribution in [0, 0.1) is 35.5 Å². The van der Waals surface area contributed by atoms with Crippen LogP contribution in [0.5, 0.6) is 0 Å². The van der Waals surface area contributed by atoms with Crippen LogP contribution in [0.15, 0.2) is 24.3 Å². The number of hydrogen-bond donors (Lipinski definition) is 2. The summed E-state index contributed by atoms with van der Waals surface area (Å²) in [5, 5.41) is 6.00. The number of Topliss-reactive ketones (excluding diaryl/α,β-unsaturated/α-hetero) is 2. The number of hydrogen-bond acceptors (Lipinski definition) is 4. The van der Waals surface area contributed by atoms with Gasteiger partial charge < -0.3 is 10.6 Å². The number of ketones is 2. The van der Waals surface area contributed by atoms with Crippen LogP contribution in [0.1, 0.15) is 64.2 Å². The number of carbonyl (C=O) groups excluding carboxylic acids is 4. The summed E-state index contributed by atoms with van der Waals surface area (Å²) in [7, 11) is 0. The van der Waals surface area contributed by atoms with E-state index in [1.165, 1.54) is 0 Å². The summed E-state index contributed by atoms with van der Waals surface area (Å²) in [4.78, 5) is 50.4. The highest BCUT2D eigenvalue weighted by Crippen LogP contribution is 2.41. The minimum atomic E-state index is -0.125. The molecule has 0 unspecified atom stereocenters. The fourth-order valence-corrected chi connectivity index (χ4v) is 6.55. The molecule has 4 aliphatic rings. The fourth-order valence-electron chi connectivity index (χ4n) is 6.55. The van der Waals surface area contributed by atoms with Gasteiger partial charge in [0.2, 0.25) is 11.8 Å². The highest BCUT2D eigenvalue weighted by Gasteiger charge is 2.42. The summed E-state index contributed by atoms with van der Waals surface area (Å²) in [5.74, 6) is 0.596. The number of fused-ring (bicyclic) bond motifs is 4. The highest BCUT2D eigenvalue weighted by molar-refractivity contribution is 5.98. The van der Waals surface area contributed by atoms with E-state index in [0.29, 0.717) is 48.6 Å². The van der Waals surface area contributed by atoms with Gasteiger partial charge in [-0.3, -0.25) is 19.2 Å². The van der Waals surface area contributed by atoms with Crippen LogP contribution in [0.25, 0.3) is 0 Å². The quantitative estimate of drug-likeness (QED) is 0.734. The predicted octanol–water partition coefficient (Wildman–Crippen LogP) is 4.35. The molecule has 4 atom stereocenters. The van der Waals surface area contributed by atoms with Crippen molar-refractivity contribution >= 4 is 34.8 Å². The van der Waals surface area contributed by atoms with Crippen molar-refractivity contribution in [2.24, 2.45) is 35.5 Å². The van der Waals surface area contributed by atoms with Gasteiger partial charge in [-0.05, 0) is 69.6 Å². The molecular formula is C26H32N2O4. The van der Waals surface area contributed by atoms with Gasteiger partial charge in [0, 0.05) is 46.9 Å². The smallest absolute Gasteiger partial charge is 0.227 e. The maximum atomic E-state index is 12.9. The van der Waals surface area contributed by atoms with Crippen LogP contribution in [0.4, 0.5) is 11.4 Å². The van der Waals surface area contributed by atoms with E-state index in [1.807, 2.05) is 18.2 Å². The largest absolute Gasteiger partial charge is 0.326 e. The lowest BCUT2D eigenvalue weighted by molar-refractivity contribution is -0.137. The molecule has 0 saturated heterocycles. The maximum absolute atomic E-state index is 12.9. The summed E-state index contributed by atoms with van der Waals surface area (Å²) in [6.07, 6.45) is 8.44. The molecule has 0 aromatic heterocycles. The number of amides is 2. The van der Waals surface area contributed by atoms with E-state index in [-0.39, 0.29) is 47.3 Å². The van der Waals surface area contributed by atoms with Gasteiger partial charge in [-0.15, -0.1) is 0 Å². The number of nitrogens with one attached hydrogen (secondary N) is 2. The molecule has 4 aliphatic carbocycles. The first-order valence-corrected chi connectivity index (χ1v) is 12.3. The first-order valence-electron chi connectivity index (χ1n) is 12.3. The third kappa shape index (κ3) is 4.24. The molecule has 1 aromatic rings. The number of rotatable bonds is 4. The molecule has 32 heavy (non-hydrogen) atoms. The summed E-state index contributed by atoms with van der Waals surface area (Å²) in [6, 6.07) is 7.26. The molecule has 5 rings (SSSR count). The van der Waals surface area contributed by atoms with E-state index in [4.69, 9.17) is 0 Å². The molecule has 1 aromatic carbocycles. The van der Waals surface area contributed by atoms with Gasteiger partial charge in [0.15, 0.2) is 0 Å². The topological polar surface area (TPSA) is 92.3 Å². The second-order valence-electron chi connectivity index (χ2n) is 10.4. The minimum Gasteiger partial charge on any atom is -0.326 e. The summed E-state index contributed by atoms with van der Waals surface area (Å²) < 4.78 is 0. The van der Waals surface area contributed by atoms with Gasteiger partial charge in [0.25, 0.3) is 0 Å². The van der Waals surface area contributed by atoms with Crippen molar-refractivity contribution in [1.82, 2.24) is 0 Å². The monoisotopic (exact) mass is 436 g/mol. The van der Waals surface area contributed by atoms with Crippen LogP contribution in [0.2, 0.25) is 0 Å². The molecule has 0 heterocycles. The zero-order valence-electron chi connectivity index (χ0n) is 18.5. The van der Waals surface area contributed by atoms with Gasteiger partial charge in [-0.1, -0.05) is 18.9 Å². The molecular weight excluding hydrogens is 404 g/mol. The second kappa shape index (κ2) is 8.80. The number of anilines is 2. The number of carbonyl (C=O) groups is 4. The molecule has 2 amide bonds. The molecule has 0 radical (unpaired) electrons. The fraction of sp³-hybridized carbons (Fsp3) is 0.615. The Hall–Kier alpha value is -2.50. The molecule has 6 heteroatoms. The molecule has 170 valence electrons. The Labute approximate surface area is 188 Å². The Morgan fingerprint density at radius 1 is 0.656 bits per heavy atom. The van der Waals surface area contributed by atoms with E-state index in [0.717, 1.165) is 38.5 Å². The van der Waals surface area contributed by atoms with Gasteiger partial charge in [0.05, 0.1) is 0 Å². The molecule has 4 saturated carbocycles. The average Bonchev–Trinajstić information content (AvgIpc) is 2.73. The first kappa shape index (κ1) is 21.4. The van der Waals surface area contributed by atoms with Crippen molar-refractivity contribution in [3.05, 3.63) is 24.3 Å². The summed E-state index contributed by atoms with van der Waals surface area (Å²) in [6.45, 7) is 0. The van der Waals surface area contributed by atoms with Crippen molar-refractivity contribution in [2.45, 2.75) is 64.2 Å². The predicted molar refractivity (Wildman–Crippen MR) is 121 cm³/mol. The van der Waals surface area contributed by atoms with Gasteiger partial charge >= 0.3 is 0 Å². The Kier molecular flexibility index (Phi) is 5.87. The van der Waals surface area contributed by atoms with Crippen LogP contribution in [0.3, 0.4) is 0 Å². The lowest BCUT2D eigenvalue weighted by atomic mass is 9.67. The molecule has 4 bridgehead atoms. The molecule has 4 fully saturated rings. The lowest BCUT2D eigenvalue weighted by Gasteiger charge is -2.37. The van der Waals surface area contributed by atoms with Gasteiger partial charge in [0.1, 0.15) is 11.6 Å². The van der Waals surface area contributed by atoms with Crippen molar-refractivity contribution < 1.29 is 19.2 Å². The summed E-state index contributed by atoms with van der Waals surface area (Å²) in [5.41, 5.74) is 1.32. The summed E-state index contributed by atoms with van der Waals surface area (Å²) >= 11 is 0. The molecule has 6 nitrogen and oxygen atoms in total. The van der Waals surface area contributed by atoms with E-state index in [9.17, 15) is 19.2 Å². The maximum Gasteiger partial charge on any atom is 0.227 e. The molecule has 0 aliphatic heterocycles. The molecule has 2 N–H and O–H groups in total. The minimum absolute atomic E-state index is 0.0310. The normalized spacial score (nSPS) is 34.0. The number of benzene rings is 1. The van der Waals surface area contributed by atoms with Crippen molar-refractivity contribution in [3.63, 3.8) is 0 Å². The van der Waals surface area contributed by atoms with Crippen LogP contribution in [-0.2, 0) is 19.2 Å². The Morgan fingerprint density at radius 3 is 1.41 bits per heavy atom. The Balaban J connectivity index is 1.19. The van der Waals surface area contributed by atoms with Crippen molar-refractivity contribution in [3.8, 4) is 0 Å².